The number of rotatable bonds is 7. The van der Waals surface area contributed by atoms with Crippen molar-refractivity contribution in [2.24, 2.45) is 0 Å². The van der Waals surface area contributed by atoms with Gasteiger partial charge in [-0.3, -0.25) is 4.79 Å². The van der Waals surface area contributed by atoms with Crippen LogP contribution >= 0.6 is 11.6 Å². The summed E-state index contributed by atoms with van der Waals surface area (Å²) >= 11 is 6.17. The highest BCUT2D eigenvalue weighted by Gasteiger charge is 2.27. The number of anilines is 1. The first kappa shape index (κ1) is 23.2. The Hall–Kier alpha value is -2.99. The quantitative estimate of drug-likeness (QED) is 0.534. The lowest BCUT2D eigenvalue weighted by molar-refractivity contribution is -0.118. The summed E-state index contributed by atoms with van der Waals surface area (Å²) in [6.07, 6.45) is 0. The average Bonchev–Trinajstić information content (AvgIpc) is 3.26. The van der Waals surface area contributed by atoms with E-state index in [4.69, 9.17) is 25.6 Å². The minimum absolute atomic E-state index is 0.0392. The number of nitrogens with zero attached hydrogens (tertiary/aromatic N) is 3. The molecule has 1 aromatic heterocycles. The Balaban J connectivity index is 1.38. The molecule has 4 rings (SSSR count). The van der Waals surface area contributed by atoms with Crippen LogP contribution in [0.4, 0.5) is 5.69 Å². The number of amides is 1. The van der Waals surface area contributed by atoms with Crippen LogP contribution < -0.4 is 10.1 Å². The van der Waals surface area contributed by atoms with E-state index >= 15 is 0 Å². The predicted octanol–water partition coefficient (Wildman–Crippen LogP) is 2.74. The predicted molar refractivity (Wildman–Crippen MR) is 120 cm³/mol. The standard InChI is InChI=1S/C21H21ClN4O6S/c1-14-23-21(25-32-14)15-2-4-16(5-3-15)31-13-20(27)24-19-12-17(6-7-18(19)22)33(28,29)26-8-10-30-11-9-26/h2-7,12H,8-11,13H2,1H3,(H,24,27). The number of hydrogen-bond donors (Lipinski definition) is 1. The molecule has 2 heterocycles. The minimum atomic E-state index is -3.72. The van der Waals surface area contributed by atoms with Crippen molar-refractivity contribution in [3.63, 3.8) is 0 Å². The van der Waals surface area contributed by atoms with Gasteiger partial charge < -0.3 is 19.3 Å². The van der Waals surface area contributed by atoms with E-state index in [9.17, 15) is 13.2 Å². The number of carbonyl (C=O) groups excluding carboxylic acids is 1. The monoisotopic (exact) mass is 492 g/mol. The second kappa shape index (κ2) is 9.87. The zero-order chi connectivity index (χ0) is 23.4. The van der Waals surface area contributed by atoms with Crippen LogP contribution in [0.3, 0.4) is 0 Å². The lowest BCUT2D eigenvalue weighted by atomic mass is 10.2. The van der Waals surface area contributed by atoms with Gasteiger partial charge in [0.1, 0.15) is 5.75 Å². The van der Waals surface area contributed by atoms with Gasteiger partial charge in [0.25, 0.3) is 5.91 Å². The minimum Gasteiger partial charge on any atom is -0.484 e. The fourth-order valence-electron chi connectivity index (χ4n) is 3.15. The molecule has 10 nitrogen and oxygen atoms in total. The van der Waals surface area contributed by atoms with Crippen LogP contribution in [0.2, 0.25) is 5.02 Å². The van der Waals surface area contributed by atoms with E-state index in [1.165, 1.54) is 22.5 Å². The Bertz CT molecular complexity index is 1240. The van der Waals surface area contributed by atoms with Gasteiger partial charge in [-0.15, -0.1) is 0 Å². The Labute approximate surface area is 195 Å². The van der Waals surface area contributed by atoms with Gasteiger partial charge in [0, 0.05) is 25.6 Å². The van der Waals surface area contributed by atoms with Crippen LogP contribution in [-0.2, 0) is 19.6 Å². The van der Waals surface area contributed by atoms with E-state index in [1.807, 2.05) is 0 Å². The number of nitrogens with one attached hydrogen (secondary N) is 1. The highest BCUT2D eigenvalue weighted by molar-refractivity contribution is 7.89. The number of sulfonamides is 1. The van der Waals surface area contributed by atoms with Crippen molar-refractivity contribution in [3.05, 3.63) is 53.4 Å². The second-order valence-electron chi connectivity index (χ2n) is 7.16. The lowest BCUT2D eigenvalue weighted by Gasteiger charge is -2.26. The molecule has 0 atom stereocenters. The van der Waals surface area contributed by atoms with Crippen molar-refractivity contribution in [2.45, 2.75) is 11.8 Å². The summed E-state index contributed by atoms with van der Waals surface area (Å²) in [4.78, 5) is 16.6. The van der Waals surface area contributed by atoms with Crippen molar-refractivity contribution in [3.8, 4) is 17.1 Å². The molecule has 0 radical (unpaired) electrons. The summed E-state index contributed by atoms with van der Waals surface area (Å²) in [5.41, 5.74) is 0.927. The molecule has 0 spiro atoms. The molecule has 33 heavy (non-hydrogen) atoms. The van der Waals surface area contributed by atoms with E-state index in [0.717, 1.165) is 5.56 Å². The normalized spacial score (nSPS) is 14.7. The first-order valence-corrected chi connectivity index (χ1v) is 11.9. The Morgan fingerprint density at radius 1 is 1.18 bits per heavy atom. The van der Waals surface area contributed by atoms with Crippen LogP contribution in [0, 0.1) is 6.92 Å². The Morgan fingerprint density at radius 3 is 2.58 bits per heavy atom. The van der Waals surface area contributed by atoms with E-state index in [0.29, 0.717) is 30.7 Å². The summed E-state index contributed by atoms with van der Waals surface area (Å²) < 4.78 is 42.7. The molecule has 3 aromatic rings. The van der Waals surface area contributed by atoms with Crippen molar-refractivity contribution in [1.82, 2.24) is 14.4 Å². The van der Waals surface area contributed by atoms with E-state index in [-0.39, 0.29) is 35.3 Å². The van der Waals surface area contributed by atoms with Crippen LogP contribution in [0.25, 0.3) is 11.4 Å². The second-order valence-corrected chi connectivity index (χ2v) is 9.50. The lowest BCUT2D eigenvalue weighted by Crippen LogP contribution is -2.40. The van der Waals surface area contributed by atoms with E-state index in [2.05, 4.69) is 15.5 Å². The highest BCUT2D eigenvalue weighted by Crippen LogP contribution is 2.27. The van der Waals surface area contributed by atoms with Gasteiger partial charge in [0.2, 0.25) is 21.7 Å². The molecular weight excluding hydrogens is 472 g/mol. The summed E-state index contributed by atoms with van der Waals surface area (Å²) in [5, 5.41) is 6.66. The number of ether oxygens (including phenoxy) is 2. The first-order chi connectivity index (χ1) is 15.8. The van der Waals surface area contributed by atoms with E-state index < -0.39 is 15.9 Å². The first-order valence-electron chi connectivity index (χ1n) is 10.0. The SMILES string of the molecule is Cc1nc(-c2ccc(OCC(=O)Nc3cc(S(=O)(=O)N4CCOCC4)ccc3Cl)cc2)no1. The van der Waals surface area contributed by atoms with Crippen molar-refractivity contribution < 1.29 is 27.2 Å². The van der Waals surface area contributed by atoms with Crippen LogP contribution in [0.5, 0.6) is 5.75 Å². The molecule has 12 heteroatoms. The third kappa shape index (κ3) is 5.50. The molecule has 1 amide bonds. The van der Waals surface area contributed by atoms with E-state index in [1.54, 1.807) is 31.2 Å². The van der Waals surface area contributed by atoms with Crippen LogP contribution in [-0.4, -0.2) is 61.7 Å². The van der Waals surface area contributed by atoms with Gasteiger partial charge in [-0.1, -0.05) is 16.8 Å². The Kier molecular flexibility index (Phi) is 6.94. The molecule has 0 unspecified atom stereocenters. The number of carbonyl (C=O) groups is 1. The molecule has 1 saturated heterocycles. The number of aromatic nitrogens is 2. The molecule has 1 aliphatic rings. The maximum absolute atomic E-state index is 12.9. The fourth-order valence-corrected chi connectivity index (χ4v) is 4.75. The number of aryl methyl sites for hydroxylation is 1. The third-order valence-corrected chi connectivity index (χ3v) is 7.05. The van der Waals surface area contributed by atoms with Gasteiger partial charge in [-0.05, 0) is 42.5 Å². The van der Waals surface area contributed by atoms with Crippen molar-refractivity contribution in [2.75, 3.05) is 38.2 Å². The number of hydrogen-bond acceptors (Lipinski definition) is 8. The van der Waals surface area contributed by atoms with Crippen LogP contribution in [0.1, 0.15) is 5.89 Å². The maximum atomic E-state index is 12.9. The topological polar surface area (TPSA) is 124 Å². The number of morpholine rings is 1. The zero-order valence-corrected chi connectivity index (χ0v) is 19.2. The summed E-state index contributed by atoms with van der Waals surface area (Å²) in [5.74, 6) is 0.889. The van der Waals surface area contributed by atoms with Gasteiger partial charge in [0.05, 0.1) is 28.8 Å². The molecule has 174 valence electrons. The molecule has 1 N–H and O–H groups in total. The van der Waals surface area contributed by atoms with Gasteiger partial charge in [0.15, 0.2) is 6.61 Å². The summed E-state index contributed by atoms with van der Waals surface area (Å²) in [6, 6.07) is 11.0. The maximum Gasteiger partial charge on any atom is 0.262 e. The highest BCUT2D eigenvalue weighted by atomic mass is 35.5. The number of halogens is 1. The largest absolute Gasteiger partial charge is 0.484 e. The van der Waals surface area contributed by atoms with Crippen LogP contribution in [0.15, 0.2) is 51.9 Å². The average molecular weight is 493 g/mol. The zero-order valence-electron chi connectivity index (χ0n) is 17.7. The summed E-state index contributed by atoms with van der Waals surface area (Å²) in [7, 11) is -3.72. The number of benzene rings is 2. The fraction of sp³-hybridized carbons (Fsp3) is 0.286. The molecule has 1 fully saturated rings. The molecule has 0 bridgehead atoms. The smallest absolute Gasteiger partial charge is 0.262 e. The Morgan fingerprint density at radius 2 is 1.91 bits per heavy atom. The molecular formula is C21H21ClN4O6S. The molecule has 0 saturated carbocycles. The van der Waals surface area contributed by atoms with Gasteiger partial charge in [-0.25, -0.2) is 8.42 Å². The molecule has 0 aliphatic carbocycles. The molecule has 2 aromatic carbocycles. The van der Waals surface area contributed by atoms with Crippen molar-refractivity contribution >= 4 is 33.2 Å². The van der Waals surface area contributed by atoms with Gasteiger partial charge in [-0.2, -0.15) is 9.29 Å². The van der Waals surface area contributed by atoms with Gasteiger partial charge >= 0.3 is 0 Å². The van der Waals surface area contributed by atoms with Crippen molar-refractivity contribution in [1.29, 1.82) is 0 Å². The third-order valence-electron chi connectivity index (χ3n) is 4.83. The summed E-state index contributed by atoms with van der Waals surface area (Å²) in [6.45, 7) is 2.62. The molecule has 1 aliphatic heterocycles.